The number of phenols is 1. The largest absolute Gasteiger partial charge is 0.508 e. The van der Waals surface area contributed by atoms with E-state index in [9.17, 15) is 19.5 Å². The fourth-order valence-electron chi connectivity index (χ4n) is 2.47. The number of nitrogens with zero attached hydrogens (tertiary/aromatic N) is 1. The Kier molecular flexibility index (Phi) is 6.38. The van der Waals surface area contributed by atoms with E-state index in [0.29, 0.717) is 11.3 Å². The van der Waals surface area contributed by atoms with Crippen LogP contribution in [0.2, 0.25) is 0 Å². The molecule has 154 valence electrons. The summed E-state index contributed by atoms with van der Waals surface area (Å²) in [5.74, 6) is -2.06. The second-order valence-corrected chi connectivity index (χ2v) is 7.82. The highest BCUT2D eigenvalue weighted by Crippen LogP contribution is 2.33. The molecule has 2 aromatic carbocycles. The number of amides is 2. The number of carbonyl (C=O) groups is 3. The molecule has 3 N–H and O–H groups in total. The average molecular weight is 444 g/mol. The number of thioether (sulfide) groups is 1. The van der Waals surface area contributed by atoms with Gasteiger partial charge < -0.3 is 14.9 Å². The first kappa shape index (κ1) is 21.3. The zero-order valence-corrected chi connectivity index (χ0v) is 17.2. The van der Waals surface area contributed by atoms with Crippen LogP contribution in [0.15, 0.2) is 53.4 Å². The molecule has 0 aliphatic carbocycles. The minimum absolute atomic E-state index is 0.0832. The number of thiocarbonyl (C=S) groups is 1. The lowest BCUT2D eigenvalue weighted by Gasteiger charge is -2.15. The van der Waals surface area contributed by atoms with Crippen LogP contribution in [0, 0.1) is 0 Å². The van der Waals surface area contributed by atoms with Crippen molar-refractivity contribution in [3.63, 3.8) is 0 Å². The zero-order valence-electron chi connectivity index (χ0n) is 15.6. The molecule has 3 rings (SSSR count). The predicted molar refractivity (Wildman–Crippen MR) is 115 cm³/mol. The van der Waals surface area contributed by atoms with E-state index >= 15 is 0 Å². The molecule has 0 saturated carbocycles. The number of rotatable bonds is 6. The monoisotopic (exact) mass is 444 g/mol. The van der Waals surface area contributed by atoms with Gasteiger partial charge in [-0.2, -0.15) is 5.01 Å². The van der Waals surface area contributed by atoms with Gasteiger partial charge in [-0.3, -0.25) is 15.0 Å². The third-order valence-electron chi connectivity index (χ3n) is 3.97. The standard InChI is InChI=1S/C20H16N2O6S2/c1-11(19(26)27)28-15-8-3-2-5-12(15)10-16-18(25)22(20(29)30-16)21-17(24)13-6-4-7-14(23)9-13/h2-11,23H,1H3,(H,21,24)(H,26,27)/b16-10-. The van der Waals surface area contributed by atoms with Gasteiger partial charge in [0.1, 0.15) is 11.5 Å². The number of carbonyl (C=O) groups excluding carboxylic acids is 2. The fourth-order valence-corrected chi connectivity index (χ4v) is 3.64. The molecule has 0 radical (unpaired) electrons. The molecule has 1 aliphatic heterocycles. The number of hydrogen-bond donors (Lipinski definition) is 3. The maximum atomic E-state index is 12.7. The Bertz CT molecular complexity index is 1070. The zero-order chi connectivity index (χ0) is 21.8. The molecule has 8 nitrogen and oxygen atoms in total. The van der Waals surface area contributed by atoms with E-state index in [1.165, 1.54) is 37.3 Å². The number of para-hydroxylation sites is 1. The maximum absolute atomic E-state index is 12.7. The molecule has 1 aliphatic rings. The average Bonchev–Trinajstić information content (AvgIpc) is 2.96. The summed E-state index contributed by atoms with van der Waals surface area (Å²) in [6, 6.07) is 12.3. The van der Waals surface area contributed by atoms with Gasteiger partial charge in [0, 0.05) is 11.1 Å². The molecule has 0 bridgehead atoms. The highest BCUT2D eigenvalue weighted by Gasteiger charge is 2.34. The topological polar surface area (TPSA) is 116 Å². The first-order valence-electron chi connectivity index (χ1n) is 8.62. The van der Waals surface area contributed by atoms with E-state index < -0.39 is 23.9 Å². The number of phenolic OH excluding ortho intramolecular Hbond substituents is 1. The first-order valence-corrected chi connectivity index (χ1v) is 9.85. The molecule has 1 saturated heterocycles. The van der Waals surface area contributed by atoms with Crippen LogP contribution in [0.25, 0.3) is 6.08 Å². The molecule has 0 aromatic heterocycles. The van der Waals surface area contributed by atoms with E-state index in [1.807, 2.05) is 0 Å². The number of hydrazine groups is 1. The quantitative estimate of drug-likeness (QED) is 0.460. The molecule has 1 atom stereocenters. The minimum atomic E-state index is -1.12. The fraction of sp³-hybridized carbons (Fsp3) is 0.100. The van der Waals surface area contributed by atoms with Crippen LogP contribution in [0.5, 0.6) is 11.5 Å². The Morgan fingerprint density at radius 3 is 2.67 bits per heavy atom. The van der Waals surface area contributed by atoms with E-state index in [0.717, 1.165) is 16.8 Å². The van der Waals surface area contributed by atoms with Gasteiger partial charge in [0.25, 0.3) is 11.8 Å². The van der Waals surface area contributed by atoms with E-state index in [4.69, 9.17) is 22.1 Å². The van der Waals surface area contributed by atoms with Gasteiger partial charge in [0.2, 0.25) is 0 Å². The lowest BCUT2D eigenvalue weighted by atomic mass is 10.2. The number of ether oxygens (including phenoxy) is 1. The second kappa shape index (κ2) is 8.97. The van der Waals surface area contributed by atoms with Crippen LogP contribution in [-0.4, -0.2) is 43.4 Å². The first-order chi connectivity index (χ1) is 14.3. The number of nitrogens with one attached hydrogen (secondary N) is 1. The third kappa shape index (κ3) is 4.78. The van der Waals surface area contributed by atoms with Gasteiger partial charge in [0.05, 0.1) is 4.91 Å². The Labute approximate surface area is 181 Å². The number of hydrogen-bond acceptors (Lipinski definition) is 7. The van der Waals surface area contributed by atoms with E-state index in [1.54, 1.807) is 24.3 Å². The number of carboxylic acids is 1. The third-order valence-corrected chi connectivity index (χ3v) is 5.27. The van der Waals surface area contributed by atoms with Crippen molar-refractivity contribution >= 4 is 52.2 Å². The lowest BCUT2D eigenvalue weighted by Crippen LogP contribution is -2.44. The Morgan fingerprint density at radius 2 is 1.97 bits per heavy atom. The van der Waals surface area contributed by atoms with Crippen LogP contribution < -0.4 is 10.2 Å². The minimum Gasteiger partial charge on any atom is -0.508 e. The van der Waals surface area contributed by atoms with Gasteiger partial charge in [-0.25, -0.2) is 4.79 Å². The summed E-state index contributed by atoms with van der Waals surface area (Å²) < 4.78 is 5.56. The molecule has 30 heavy (non-hydrogen) atoms. The van der Waals surface area contributed by atoms with Gasteiger partial charge in [-0.1, -0.05) is 36.0 Å². The molecular formula is C20H16N2O6S2. The van der Waals surface area contributed by atoms with Crippen molar-refractivity contribution in [2.75, 3.05) is 0 Å². The van der Waals surface area contributed by atoms with Crippen LogP contribution >= 0.6 is 24.0 Å². The summed E-state index contributed by atoms with van der Waals surface area (Å²) in [7, 11) is 0. The predicted octanol–water partition coefficient (Wildman–Crippen LogP) is 2.79. The summed E-state index contributed by atoms with van der Waals surface area (Å²) in [5, 5.41) is 19.5. The molecule has 2 amide bonds. The molecule has 0 spiro atoms. The van der Waals surface area contributed by atoms with Crippen molar-refractivity contribution in [3.8, 4) is 11.5 Å². The summed E-state index contributed by atoms with van der Waals surface area (Å²) >= 11 is 6.18. The number of aromatic hydroxyl groups is 1. The van der Waals surface area contributed by atoms with Crippen LogP contribution in [0.4, 0.5) is 0 Å². The van der Waals surface area contributed by atoms with Crippen molar-refractivity contribution in [3.05, 3.63) is 64.6 Å². The van der Waals surface area contributed by atoms with Crippen LogP contribution in [0.3, 0.4) is 0 Å². The lowest BCUT2D eigenvalue weighted by molar-refractivity contribution is -0.144. The summed E-state index contributed by atoms with van der Waals surface area (Å²) in [6.07, 6.45) is 0.444. The second-order valence-electron chi connectivity index (χ2n) is 6.14. The summed E-state index contributed by atoms with van der Waals surface area (Å²) in [4.78, 5) is 36.4. The molecular weight excluding hydrogens is 428 g/mol. The van der Waals surface area contributed by atoms with Crippen molar-refractivity contribution < 1.29 is 29.3 Å². The highest BCUT2D eigenvalue weighted by molar-refractivity contribution is 8.26. The maximum Gasteiger partial charge on any atom is 0.344 e. The Balaban J connectivity index is 1.80. The van der Waals surface area contributed by atoms with Crippen molar-refractivity contribution in [1.29, 1.82) is 0 Å². The SMILES string of the molecule is CC(Oc1ccccc1/C=C1\SC(=S)N(NC(=O)c2cccc(O)c2)C1=O)C(=O)O. The van der Waals surface area contributed by atoms with Crippen LogP contribution in [-0.2, 0) is 9.59 Å². The number of benzene rings is 2. The van der Waals surface area contributed by atoms with E-state index in [-0.39, 0.29) is 20.5 Å². The normalized spacial score (nSPS) is 15.9. The van der Waals surface area contributed by atoms with Gasteiger partial charge in [0.15, 0.2) is 10.4 Å². The van der Waals surface area contributed by atoms with Gasteiger partial charge in [-0.15, -0.1) is 0 Å². The van der Waals surface area contributed by atoms with Gasteiger partial charge in [-0.05, 0) is 49.5 Å². The number of carboxylic acid groups (broad SMARTS) is 1. The van der Waals surface area contributed by atoms with E-state index in [2.05, 4.69) is 5.43 Å². The molecule has 1 heterocycles. The summed E-state index contributed by atoms with van der Waals surface area (Å²) in [6.45, 7) is 1.40. The molecule has 1 fully saturated rings. The Morgan fingerprint density at radius 1 is 1.23 bits per heavy atom. The summed E-state index contributed by atoms with van der Waals surface area (Å²) in [5.41, 5.74) is 3.07. The van der Waals surface area contributed by atoms with Crippen molar-refractivity contribution in [2.45, 2.75) is 13.0 Å². The van der Waals surface area contributed by atoms with Crippen molar-refractivity contribution in [2.24, 2.45) is 0 Å². The van der Waals surface area contributed by atoms with Crippen LogP contribution in [0.1, 0.15) is 22.8 Å². The molecule has 10 heteroatoms. The smallest absolute Gasteiger partial charge is 0.344 e. The Hall–Kier alpha value is -3.37. The number of aliphatic carboxylic acids is 1. The molecule has 2 aromatic rings. The highest BCUT2D eigenvalue weighted by atomic mass is 32.2. The molecule has 1 unspecified atom stereocenters. The van der Waals surface area contributed by atoms with Crippen molar-refractivity contribution in [1.82, 2.24) is 10.4 Å². The van der Waals surface area contributed by atoms with Gasteiger partial charge >= 0.3 is 5.97 Å².